The van der Waals surface area contributed by atoms with E-state index in [4.69, 9.17) is 17.9 Å². The molecule has 0 amide bonds. The van der Waals surface area contributed by atoms with Gasteiger partial charge in [-0.15, -0.1) is 0 Å². The van der Waals surface area contributed by atoms with Crippen LogP contribution in [-0.2, 0) is 27.3 Å². The van der Waals surface area contributed by atoms with E-state index in [0.717, 1.165) is 6.17 Å². The molecule has 1 atom stereocenters. The second-order valence-corrected chi connectivity index (χ2v) is 18.8. The van der Waals surface area contributed by atoms with Gasteiger partial charge in [0.15, 0.2) is 0 Å². The number of nitrogens with zero attached hydrogens (tertiary/aromatic N) is 1. The Hall–Kier alpha value is -0.326. The number of rotatable bonds is 14. The monoisotopic (exact) mass is 455 g/mol. The molecule has 0 radical (unpaired) electrons. The van der Waals surface area contributed by atoms with Crippen molar-refractivity contribution in [3.8, 4) is 0 Å². The Bertz CT molecular complexity index is 582. The van der Waals surface area contributed by atoms with Crippen LogP contribution in [0, 0.1) is 0 Å². The zero-order valence-corrected chi connectivity index (χ0v) is 21.6. The standard InChI is InChI=1S/C17H38NO7PSi2/c1-10-12-23-26(20,21)24-13-11-18(4,5)14-27(6,7)25-28(8,9)15-22-17(19)16(2)3/h2,10-15H2,1,3-9H3. The summed E-state index contributed by atoms with van der Waals surface area (Å²) in [4.78, 5) is 23.3. The van der Waals surface area contributed by atoms with Crippen molar-refractivity contribution in [2.75, 3.05) is 46.3 Å². The van der Waals surface area contributed by atoms with Crippen molar-refractivity contribution < 1.29 is 36.6 Å². The first-order valence-corrected chi connectivity index (χ1v) is 17.1. The van der Waals surface area contributed by atoms with E-state index in [1.807, 2.05) is 34.1 Å². The fourth-order valence-electron chi connectivity index (χ4n) is 2.92. The number of esters is 1. The van der Waals surface area contributed by atoms with E-state index in [1.54, 1.807) is 6.92 Å². The van der Waals surface area contributed by atoms with Gasteiger partial charge >= 0.3 is 5.97 Å². The van der Waals surface area contributed by atoms with E-state index in [9.17, 15) is 14.3 Å². The van der Waals surface area contributed by atoms with Gasteiger partial charge in [-0.05, 0) is 39.5 Å². The van der Waals surface area contributed by atoms with E-state index >= 15 is 0 Å². The number of quaternary nitrogens is 1. The predicted octanol–water partition coefficient (Wildman–Crippen LogP) is 2.60. The van der Waals surface area contributed by atoms with Gasteiger partial charge < -0.3 is 27.3 Å². The van der Waals surface area contributed by atoms with Crippen LogP contribution in [-0.4, -0.2) is 73.3 Å². The minimum absolute atomic E-state index is 0.0546. The van der Waals surface area contributed by atoms with Crippen molar-refractivity contribution >= 4 is 30.4 Å². The van der Waals surface area contributed by atoms with Crippen molar-refractivity contribution in [1.82, 2.24) is 0 Å². The summed E-state index contributed by atoms with van der Waals surface area (Å²) in [6, 6.07) is 0. The summed E-state index contributed by atoms with van der Waals surface area (Å²) in [7, 11) is -4.51. The lowest BCUT2D eigenvalue weighted by atomic mass is 10.4. The largest absolute Gasteiger partial charge is 0.756 e. The highest BCUT2D eigenvalue weighted by Crippen LogP contribution is 2.38. The molecule has 28 heavy (non-hydrogen) atoms. The highest BCUT2D eigenvalue weighted by atomic mass is 31.2. The second kappa shape index (κ2) is 11.2. The molecule has 0 saturated carbocycles. The molecule has 0 N–H and O–H groups in total. The third-order valence-corrected chi connectivity index (χ3v) is 11.5. The van der Waals surface area contributed by atoms with Gasteiger partial charge in [0.1, 0.15) is 19.4 Å². The Balaban J connectivity index is 4.64. The number of ether oxygens (including phenoxy) is 1. The summed E-state index contributed by atoms with van der Waals surface area (Å²) in [6.07, 6.45) is 1.65. The molecular formula is C17H38NO7PSi2. The van der Waals surface area contributed by atoms with Gasteiger partial charge in [-0.3, -0.25) is 4.57 Å². The lowest BCUT2D eigenvalue weighted by molar-refractivity contribution is -0.881. The number of hydrogen-bond acceptors (Lipinski definition) is 7. The first-order valence-electron chi connectivity index (χ1n) is 9.46. The second-order valence-electron chi connectivity index (χ2n) is 8.91. The Labute approximate surface area is 172 Å². The summed E-state index contributed by atoms with van der Waals surface area (Å²) in [5, 5.41) is 0. The molecule has 0 aromatic rings. The fraction of sp³-hybridized carbons (Fsp3) is 0.824. The first-order chi connectivity index (χ1) is 12.5. The molecular weight excluding hydrogens is 417 g/mol. The minimum atomic E-state index is -4.24. The summed E-state index contributed by atoms with van der Waals surface area (Å²) >= 11 is 0. The third kappa shape index (κ3) is 13.0. The number of phosphoric ester groups is 1. The van der Waals surface area contributed by atoms with Crippen LogP contribution in [0.15, 0.2) is 12.2 Å². The Morgan fingerprint density at radius 3 is 2.14 bits per heavy atom. The van der Waals surface area contributed by atoms with Crippen LogP contribution in [0.1, 0.15) is 20.3 Å². The summed E-state index contributed by atoms with van der Waals surface area (Å²) in [5.74, 6) is -0.399. The molecule has 0 bridgehead atoms. The highest BCUT2D eigenvalue weighted by Gasteiger charge is 2.39. The van der Waals surface area contributed by atoms with Crippen molar-refractivity contribution in [1.29, 1.82) is 0 Å². The maximum atomic E-state index is 11.6. The summed E-state index contributed by atoms with van der Waals surface area (Å²) < 4.78 is 33.6. The average Bonchev–Trinajstić information content (AvgIpc) is 2.47. The Morgan fingerprint density at radius 2 is 1.64 bits per heavy atom. The van der Waals surface area contributed by atoms with E-state index < -0.39 is 30.4 Å². The third-order valence-electron chi connectivity index (χ3n) is 3.66. The van der Waals surface area contributed by atoms with Gasteiger partial charge in [-0.25, -0.2) is 4.79 Å². The van der Waals surface area contributed by atoms with Crippen molar-refractivity contribution in [3.63, 3.8) is 0 Å². The van der Waals surface area contributed by atoms with Crippen LogP contribution < -0.4 is 4.89 Å². The Kier molecular flexibility index (Phi) is 11.0. The van der Waals surface area contributed by atoms with Crippen LogP contribution in [0.25, 0.3) is 0 Å². The van der Waals surface area contributed by atoms with Crippen LogP contribution in [0.3, 0.4) is 0 Å². The van der Waals surface area contributed by atoms with Crippen molar-refractivity contribution in [2.24, 2.45) is 0 Å². The topological polar surface area (TPSA) is 94.1 Å². The van der Waals surface area contributed by atoms with Crippen molar-refractivity contribution in [2.45, 2.75) is 46.5 Å². The molecule has 0 aliphatic carbocycles. The lowest BCUT2D eigenvalue weighted by Crippen LogP contribution is -2.58. The van der Waals surface area contributed by atoms with Crippen LogP contribution in [0.2, 0.25) is 26.2 Å². The van der Waals surface area contributed by atoms with Crippen LogP contribution in [0.5, 0.6) is 0 Å². The fourth-order valence-corrected chi connectivity index (χ4v) is 12.9. The van der Waals surface area contributed by atoms with E-state index in [-0.39, 0.29) is 19.4 Å². The number of carbonyl (C=O) groups excluding carboxylic acids is 1. The van der Waals surface area contributed by atoms with Gasteiger partial charge in [-0.1, -0.05) is 13.5 Å². The maximum absolute atomic E-state index is 11.6. The number of hydrogen-bond donors (Lipinski definition) is 0. The number of likely N-dealkylation sites (N-methyl/N-ethyl adjacent to an activating group) is 1. The molecule has 166 valence electrons. The molecule has 0 aliphatic rings. The smallest absolute Gasteiger partial charge is 0.332 e. The number of carbonyl (C=O) groups is 1. The van der Waals surface area contributed by atoms with Crippen molar-refractivity contribution in [3.05, 3.63) is 12.2 Å². The van der Waals surface area contributed by atoms with Gasteiger partial charge in [-0.2, -0.15) is 0 Å². The van der Waals surface area contributed by atoms with Gasteiger partial charge in [0.05, 0.1) is 26.9 Å². The molecule has 8 nitrogen and oxygen atoms in total. The molecule has 0 spiro atoms. The van der Waals surface area contributed by atoms with Gasteiger partial charge in [0.2, 0.25) is 16.6 Å². The predicted molar refractivity (Wildman–Crippen MR) is 113 cm³/mol. The molecule has 1 unspecified atom stereocenters. The normalized spacial score (nSPS) is 15.2. The summed E-state index contributed by atoms with van der Waals surface area (Å²) in [6.45, 7) is 16.0. The minimum Gasteiger partial charge on any atom is -0.756 e. The molecule has 0 heterocycles. The van der Waals surface area contributed by atoms with Crippen LogP contribution >= 0.6 is 7.82 Å². The summed E-state index contributed by atoms with van der Waals surface area (Å²) in [5.41, 5.74) is 0.373. The molecule has 0 aromatic carbocycles. The zero-order valence-electron chi connectivity index (χ0n) is 18.7. The lowest BCUT2D eigenvalue weighted by Gasteiger charge is -2.40. The van der Waals surface area contributed by atoms with Gasteiger partial charge in [0, 0.05) is 5.57 Å². The van der Waals surface area contributed by atoms with E-state index in [1.165, 1.54) is 0 Å². The molecule has 11 heteroatoms. The number of phosphoric acid groups is 1. The first kappa shape index (κ1) is 27.7. The quantitative estimate of drug-likeness (QED) is 0.131. The molecule has 0 aliphatic heterocycles. The molecule has 0 saturated heterocycles. The van der Waals surface area contributed by atoms with Gasteiger partial charge in [0.25, 0.3) is 7.82 Å². The molecule has 0 rings (SSSR count). The highest BCUT2D eigenvalue weighted by molar-refractivity contribution is 7.45. The molecule has 0 fully saturated rings. The van der Waals surface area contributed by atoms with Crippen LogP contribution in [0.4, 0.5) is 0 Å². The molecule has 0 aromatic heterocycles. The van der Waals surface area contributed by atoms with E-state index in [0.29, 0.717) is 23.0 Å². The van der Waals surface area contributed by atoms with E-state index in [2.05, 4.69) is 19.7 Å². The average molecular weight is 456 g/mol. The Morgan fingerprint density at radius 1 is 1.11 bits per heavy atom. The maximum Gasteiger partial charge on any atom is 0.332 e. The zero-order chi connectivity index (χ0) is 22.2. The SMILES string of the molecule is C=C(C)C(=O)OC[Si](C)(C)O[Si](C)(C)C[N+](C)(C)CCOP(=O)([O-])OCCC.